The quantitative estimate of drug-likeness (QED) is 0.555. The molecule has 0 unspecified atom stereocenters. The summed E-state index contributed by atoms with van der Waals surface area (Å²) in [5.41, 5.74) is 0.680. The summed E-state index contributed by atoms with van der Waals surface area (Å²) in [5, 5.41) is 7.96. The fourth-order valence-corrected chi connectivity index (χ4v) is 3.23. The summed E-state index contributed by atoms with van der Waals surface area (Å²) in [6.45, 7) is 4.01. The molecular formula is C19H27N3O3S. The zero-order chi connectivity index (χ0) is 18.8. The van der Waals surface area contributed by atoms with Crippen molar-refractivity contribution in [3.05, 3.63) is 23.3 Å². The van der Waals surface area contributed by atoms with Gasteiger partial charge in [-0.1, -0.05) is 39.0 Å². The van der Waals surface area contributed by atoms with E-state index in [4.69, 9.17) is 4.42 Å². The number of hydrogen-bond acceptors (Lipinski definition) is 5. The van der Waals surface area contributed by atoms with Crippen LogP contribution in [0.25, 0.3) is 11.5 Å². The van der Waals surface area contributed by atoms with Gasteiger partial charge in [-0.25, -0.2) is 4.98 Å². The fourth-order valence-electron chi connectivity index (χ4n) is 2.51. The molecule has 0 aliphatic carbocycles. The summed E-state index contributed by atoms with van der Waals surface area (Å²) in [5.74, 6) is 1.19. The van der Waals surface area contributed by atoms with Crippen molar-refractivity contribution in [2.75, 3.05) is 5.32 Å². The first-order valence-corrected chi connectivity index (χ1v) is 10.1. The van der Waals surface area contributed by atoms with Crippen molar-refractivity contribution in [1.29, 1.82) is 0 Å². The van der Waals surface area contributed by atoms with Crippen LogP contribution in [0.2, 0.25) is 0 Å². The first-order valence-electron chi connectivity index (χ1n) is 9.17. The Morgan fingerprint density at radius 2 is 1.92 bits per heavy atom. The average Bonchev–Trinajstić information content (AvgIpc) is 3.25. The van der Waals surface area contributed by atoms with E-state index < -0.39 is 0 Å². The van der Waals surface area contributed by atoms with Crippen LogP contribution in [0.15, 0.2) is 21.9 Å². The number of anilines is 1. The normalized spacial score (nSPS) is 10.7. The molecule has 0 fully saturated rings. The summed E-state index contributed by atoms with van der Waals surface area (Å²) in [6, 6.07) is 3.62. The molecule has 2 rings (SSSR count). The highest BCUT2D eigenvalue weighted by Gasteiger charge is 2.11. The van der Waals surface area contributed by atoms with Crippen LogP contribution in [0.1, 0.15) is 64.6 Å². The molecule has 0 saturated carbocycles. The van der Waals surface area contributed by atoms with E-state index >= 15 is 0 Å². The molecule has 2 aromatic heterocycles. The number of nitrogens with zero attached hydrogens (tertiary/aromatic N) is 1. The Morgan fingerprint density at radius 1 is 1.15 bits per heavy atom. The minimum Gasteiger partial charge on any atom is -0.458 e. The molecule has 0 spiro atoms. The lowest BCUT2D eigenvalue weighted by Crippen LogP contribution is -2.18. The molecule has 2 aromatic rings. The number of aromatic nitrogens is 1. The van der Waals surface area contributed by atoms with E-state index in [2.05, 4.69) is 22.5 Å². The van der Waals surface area contributed by atoms with E-state index in [1.54, 1.807) is 6.07 Å². The Hall–Kier alpha value is -2.15. The SMILES string of the molecule is CCCCCCCCC(=O)Nc1nc(-c2ccc(CNC(C)=O)o2)cs1. The first-order chi connectivity index (χ1) is 12.6. The van der Waals surface area contributed by atoms with Gasteiger partial charge >= 0.3 is 0 Å². The summed E-state index contributed by atoms with van der Waals surface area (Å²) in [7, 11) is 0. The maximum absolute atomic E-state index is 12.0. The van der Waals surface area contributed by atoms with E-state index in [0.29, 0.717) is 35.3 Å². The molecule has 0 bridgehead atoms. The van der Waals surface area contributed by atoms with Crippen LogP contribution < -0.4 is 10.6 Å². The van der Waals surface area contributed by atoms with E-state index in [9.17, 15) is 9.59 Å². The van der Waals surface area contributed by atoms with Gasteiger partial charge < -0.3 is 15.1 Å². The summed E-state index contributed by atoms with van der Waals surface area (Å²) >= 11 is 1.38. The molecule has 0 radical (unpaired) electrons. The number of nitrogens with one attached hydrogen (secondary N) is 2. The van der Waals surface area contributed by atoms with E-state index in [-0.39, 0.29) is 11.8 Å². The van der Waals surface area contributed by atoms with Crippen molar-refractivity contribution in [1.82, 2.24) is 10.3 Å². The molecule has 7 heteroatoms. The molecule has 0 aliphatic rings. The van der Waals surface area contributed by atoms with E-state index in [1.165, 1.54) is 43.9 Å². The fraction of sp³-hybridized carbons (Fsp3) is 0.526. The summed E-state index contributed by atoms with van der Waals surface area (Å²) in [4.78, 5) is 27.3. The largest absolute Gasteiger partial charge is 0.458 e. The summed E-state index contributed by atoms with van der Waals surface area (Å²) < 4.78 is 5.67. The second-order valence-corrected chi connectivity index (χ2v) is 7.14. The molecule has 2 heterocycles. The lowest BCUT2D eigenvalue weighted by Gasteiger charge is -2.02. The average molecular weight is 378 g/mol. The second kappa shape index (κ2) is 10.8. The zero-order valence-electron chi connectivity index (χ0n) is 15.5. The van der Waals surface area contributed by atoms with Crippen molar-refractivity contribution in [3.8, 4) is 11.5 Å². The lowest BCUT2D eigenvalue weighted by atomic mass is 10.1. The van der Waals surface area contributed by atoms with Gasteiger partial charge in [0.1, 0.15) is 11.5 Å². The Labute approximate surface area is 158 Å². The lowest BCUT2D eigenvalue weighted by molar-refractivity contribution is -0.119. The smallest absolute Gasteiger partial charge is 0.226 e. The second-order valence-electron chi connectivity index (χ2n) is 6.28. The van der Waals surface area contributed by atoms with Gasteiger partial charge in [-0.2, -0.15) is 0 Å². The van der Waals surface area contributed by atoms with Crippen molar-refractivity contribution < 1.29 is 14.0 Å². The Morgan fingerprint density at radius 3 is 2.69 bits per heavy atom. The van der Waals surface area contributed by atoms with E-state index in [1.807, 2.05) is 11.4 Å². The van der Waals surface area contributed by atoms with Crippen LogP contribution >= 0.6 is 11.3 Å². The van der Waals surface area contributed by atoms with Crippen LogP contribution in [0.5, 0.6) is 0 Å². The number of unbranched alkanes of at least 4 members (excludes halogenated alkanes) is 5. The van der Waals surface area contributed by atoms with Crippen molar-refractivity contribution in [3.63, 3.8) is 0 Å². The monoisotopic (exact) mass is 377 g/mol. The predicted octanol–water partition coefficient (Wildman–Crippen LogP) is 4.73. The highest BCUT2D eigenvalue weighted by atomic mass is 32.1. The number of carbonyl (C=O) groups is 2. The molecule has 0 atom stereocenters. The maximum Gasteiger partial charge on any atom is 0.226 e. The Kier molecular flexibility index (Phi) is 8.34. The molecule has 6 nitrogen and oxygen atoms in total. The van der Waals surface area contributed by atoms with Crippen LogP contribution in [0.3, 0.4) is 0 Å². The van der Waals surface area contributed by atoms with Crippen LogP contribution in [-0.2, 0) is 16.1 Å². The van der Waals surface area contributed by atoms with E-state index in [0.717, 1.165) is 12.8 Å². The number of furan rings is 1. The summed E-state index contributed by atoms with van der Waals surface area (Å²) in [6.07, 6.45) is 7.49. The van der Waals surface area contributed by atoms with Gasteiger partial charge in [0, 0.05) is 18.7 Å². The molecule has 142 valence electrons. The first kappa shape index (κ1) is 20.2. The van der Waals surface area contributed by atoms with Gasteiger partial charge in [-0.05, 0) is 18.6 Å². The number of amides is 2. The number of thiazole rings is 1. The Balaban J connectivity index is 1.76. The highest BCUT2D eigenvalue weighted by Crippen LogP contribution is 2.26. The topological polar surface area (TPSA) is 84.2 Å². The zero-order valence-corrected chi connectivity index (χ0v) is 16.3. The third-order valence-corrected chi connectivity index (χ3v) is 4.69. The van der Waals surface area contributed by atoms with Gasteiger partial charge in [-0.15, -0.1) is 11.3 Å². The molecule has 2 amide bonds. The number of hydrogen-bond donors (Lipinski definition) is 2. The van der Waals surface area contributed by atoms with Crippen LogP contribution in [0, 0.1) is 0 Å². The van der Waals surface area contributed by atoms with Gasteiger partial charge in [0.2, 0.25) is 11.8 Å². The van der Waals surface area contributed by atoms with Crippen molar-refractivity contribution >= 4 is 28.3 Å². The van der Waals surface area contributed by atoms with Crippen LogP contribution in [-0.4, -0.2) is 16.8 Å². The minimum absolute atomic E-state index is 0.00665. The molecule has 2 N–H and O–H groups in total. The molecular weight excluding hydrogens is 350 g/mol. The highest BCUT2D eigenvalue weighted by molar-refractivity contribution is 7.14. The molecule has 0 aliphatic heterocycles. The molecule has 26 heavy (non-hydrogen) atoms. The maximum atomic E-state index is 12.0. The van der Waals surface area contributed by atoms with Gasteiger partial charge in [-0.3, -0.25) is 9.59 Å². The molecule has 0 aromatic carbocycles. The third kappa shape index (κ3) is 7.00. The number of rotatable bonds is 11. The van der Waals surface area contributed by atoms with Crippen molar-refractivity contribution in [2.45, 2.75) is 65.3 Å². The van der Waals surface area contributed by atoms with Gasteiger partial charge in [0.05, 0.1) is 6.54 Å². The number of carbonyl (C=O) groups excluding carboxylic acids is 2. The Bertz CT molecular complexity index is 708. The minimum atomic E-state index is -0.105. The predicted molar refractivity (Wildman–Crippen MR) is 104 cm³/mol. The standard InChI is InChI=1S/C19H27N3O3S/c1-3-4-5-6-7-8-9-18(24)22-19-21-16(13-26-19)17-11-10-15(25-17)12-20-14(2)23/h10-11,13H,3-9,12H2,1-2H3,(H,20,23)(H,21,22,24). The van der Waals surface area contributed by atoms with Crippen LogP contribution in [0.4, 0.5) is 5.13 Å². The van der Waals surface area contributed by atoms with Gasteiger partial charge in [0.15, 0.2) is 10.9 Å². The van der Waals surface area contributed by atoms with Crippen molar-refractivity contribution in [2.24, 2.45) is 0 Å². The molecule has 0 saturated heterocycles. The third-order valence-electron chi connectivity index (χ3n) is 3.93. The van der Waals surface area contributed by atoms with Gasteiger partial charge in [0.25, 0.3) is 0 Å².